The number of nitrogens with zero attached hydrogens (tertiary/aromatic N) is 2. The molecule has 0 aliphatic heterocycles. The van der Waals surface area contributed by atoms with Gasteiger partial charge in [-0.05, 0) is 20.8 Å². The van der Waals surface area contributed by atoms with Gasteiger partial charge >= 0.3 is 6.09 Å². The third-order valence-corrected chi connectivity index (χ3v) is 1.87. The zero-order chi connectivity index (χ0) is 12.9. The molecule has 0 rings (SSSR count). The smallest absolute Gasteiger partial charge is 0.410 e. The van der Waals surface area contributed by atoms with Crippen molar-refractivity contribution in [2.45, 2.75) is 32.8 Å². The average molecular weight is 230 g/mol. The molecule has 5 heteroatoms. The Hall–Kier alpha value is -1.26. The van der Waals surface area contributed by atoms with Crippen molar-refractivity contribution >= 4 is 12.0 Å². The van der Waals surface area contributed by atoms with Gasteiger partial charge in [0.05, 0.1) is 0 Å². The first-order chi connectivity index (χ1) is 7.13. The number of ether oxygens (including phenoxy) is 1. The van der Waals surface area contributed by atoms with Crippen LogP contribution in [0.5, 0.6) is 0 Å². The molecular weight excluding hydrogens is 208 g/mol. The lowest BCUT2D eigenvalue weighted by molar-refractivity contribution is -0.128. The van der Waals surface area contributed by atoms with Gasteiger partial charge in [-0.2, -0.15) is 0 Å². The predicted molar refractivity (Wildman–Crippen MR) is 62.2 cm³/mol. The summed E-state index contributed by atoms with van der Waals surface area (Å²) >= 11 is 0. The van der Waals surface area contributed by atoms with Crippen molar-refractivity contribution in [2.24, 2.45) is 0 Å². The van der Waals surface area contributed by atoms with E-state index >= 15 is 0 Å². The second-order valence-electron chi connectivity index (χ2n) is 4.94. The van der Waals surface area contributed by atoms with Crippen LogP contribution in [-0.2, 0) is 9.53 Å². The lowest BCUT2D eigenvalue weighted by Crippen LogP contribution is -2.36. The maximum absolute atomic E-state index is 11.5. The fourth-order valence-corrected chi connectivity index (χ4v) is 0.918. The quantitative estimate of drug-likeness (QED) is 0.735. The van der Waals surface area contributed by atoms with Crippen molar-refractivity contribution in [3.63, 3.8) is 0 Å². The van der Waals surface area contributed by atoms with Crippen molar-refractivity contribution < 1.29 is 14.3 Å². The Morgan fingerprint density at radius 1 is 1.12 bits per heavy atom. The molecule has 0 aromatic heterocycles. The molecule has 0 atom stereocenters. The van der Waals surface area contributed by atoms with Crippen LogP contribution in [0.15, 0.2) is 0 Å². The van der Waals surface area contributed by atoms with E-state index in [1.54, 1.807) is 21.1 Å². The van der Waals surface area contributed by atoms with Crippen LogP contribution in [0.25, 0.3) is 0 Å². The molecule has 0 aromatic carbocycles. The third kappa shape index (κ3) is 6.27. The topological polar surface area (TPSA) is 49.9 Å². The second kappa shape index (κ2) is 5.72. The maximum atomic E-state index is 11.5. The molecule has 0 radical (unpaired) electrons. The highest BCUT2D eigenvalue weighted by Gasteiger charge is 2.19. The highest BCUT2D eigenvalue weighted by molar-refractivity contribution is 5.76. The van der Waals surface area contributed by atoms with Crippen molar-refractivity contribution in [2.75, 3.05) is 27.7 Å². The van der Waals surface area contributed by atoms with E-state index in [1.165, 1.54) is 9.80 Å². The zero-order valence-corrected chi connectivity index (χ0v) is 11.0. The summed E-state index contributed by atoms with van der Waals surface area (Å²) < 4.78 is 5.15. The Kier molecular flexibility index (Phi) is 5.27. The Morgan fingerprint density at radius 3 is 2.00 bits per heavy atom. The summed E-state index contributed by atoms with van der Waals surface area (Å²) in [5, 5.41) is 0. The zero-order valence-electron chi connectivity index (χ0n) is 11.0. The van der Waals surface area contributed by atoms with Crippen molar-refractivity contribution in [1.29, 1.82) is 0 Å². The van der Waals surface area contributed by atoms with E-state index in [9.17, 15) is 9.59 Å². The van der Waals surface area contributed by atoms with Gasteiger partial charge in [0.2, 0.25) is 5.91 Å². The summed E-state index contributed by atoms with van der Waals surface area (Å²) in [6.07, 6.45) is -0.0954. The van der Waals surface area contributed by atoms with Crippen LogP contribution in [0.1, 0.15) is 27.2 Å². The summed E-state index contributed by atoms with van der Waals surface area (Å²) in [5.74, 6) is -0.00425. The fourth-order valence-electron chi connectivity index (χ4n) is 0.918. The Balaban J connectivity index is 4.03. The van der Waals surface area contributed by atoms with Crippen molar-refractivity contribution in [1.82, 2.24) is 9.80 Å². The van der Waals surface area contributed by atoms with Gasteiger partial charge in [0.15, 0.2) is 0 Å². The molecular formula is C11H22N2O3. The van der Waals surface area contributed by atoms with E-state index in [0.717, 1.165) is 0 Å². The van der Waals surface area contributed by atoms with Crippen LogP contribution >= 0.6 is 0 Å². The minimum atomic E-state index is -0.503. The molecule has 0 aliphatic rings. The number of hydrogen-bond donors (Lipinski definition) is 0. The van der Waals surface area contributed by atoms with Gasteiger partial charge in [-0.15, -0.1) is 0 Å². The highest BCUT2D eigenvalue weighted by atomic mass is 16.6. The number of carbonyl (C=O) groups is 2. The Bertz CT molecular complexity index is 256. The van der Waals surface area contributed by atoms with Gasteiger partial charge in [-0.3, -0.25) is 4.79 Å². The SMILES string of the molecule is CN(C)C(=O)CCN(C)C(=O)OC(C)(C)C. The molecule has 0 unspecified atom stereocenters. The van der Waals surface area contributed by atoms with E-state index < -0.39 is 11.7 Å². The first-order valence-electron chi connectivity index (χ1n) is 5.28. The molecule has 0 aliphatic carbocycles. The van der Waals surface area contributed by atoms with Crippen LogP contribution in [-0.4, -0.2) is 55.1 Å². The van der Waals surface area contributed by atoms with Gasteiger partial charge in [-0.1, -0.05) is 0 Å². The van der Waals surface area contributed by atoms with E-state index in [2.05, 4.69) is 0 Å². The van der Waals surface area contributed by atoms with Crippen molar-refractivity contribution in [3.05, 3.63) is 0 Å². The van der Waals surface area contributed by atoms with Crippen LogP contribution in [0.2, 0.25) is 0 Å². The van der Waals surface area contributed by atoms with Gasteiger partial charge in [0.25, 0.3) is 0 Å². The monoisotopic (exact) mass is 230 g/mol. The first-order valence-corrected chi connectivity index (χ1v) is 5.28. The Morgan fingerprint density at radius 2 is 1.62 bits per heavy atom. The average Bonchev–Trinajstić information content (AvgIpc) is 2.10. The maximum Gasteiger partial charge on any atom is 0.410 e. The standard InChI is InChI=1S/C11H22N2O3/c1-11(2,3)16-10(15)13(6)8-7-9(14)12(4)5/h7-8H2,1-6H3. The highest BCUT2D eigenvalue weighted by Crippen LogP contribution is 2.09. The minimum absolute atomic E-state index is 0.00425. The first kappa shape index (κ1) is 14.7. The Labute approximate surface area is 97.3 Å². The molecule has 0 heterocycles. The summed E-state index contributed by atoms with van der Waals surface area (Å²) in [5.41, 5.74) is -0.503. The van der Waals surface area contributed by atoms with Gasteiger partial charge < -0.3 is 14.5 Å². The van der Waals surface area contributed by atoms with Crippen LogP contribution in [0.3, 0.4) is 0 Å². The second-order valence-corrected chi connectivity index (χ2v) is 4.94. The molecule has 0 spiro atoms. The van der Waals surface area contributed by atoms with Gasteiger partial charge in [-0.25, -0.2) is 4.79 Å². The lowest BCUT2D eigenvalue weighted by Gasteiger charge is -2.24. The molecule has 0 saturated heterocycles. The number of carbonyl (C=O) groups excluding carboxylic acids is 2. The predicted octanol–water partition coefficient (Wildman–Crippen LogP) is 1.33. The molecule has 94 valence electrons. The largest absolute Gasteiger partial charge is 0.444 e. The number of hydrogen-bond acceptors (Lipinski definition) is 3. The summed E-state index contributed by atoms with van der Waals surface area (Å²) in [4.78, 5) is 25.7. The molecule has 0 aromatic rings. The molecule has 0 N–H and O–H groups in total. The molecule has 5 nitrogen and oxygen atoms in total. The fraction of sp³-hybridized carbons (Fsp3) is 0.818. The van der Waals surface area contributed by atoms with E-state index in [-0.39, 0.29) is 5.91 Å². The van der Waals surface area contributed by atoms with Crippen LogP contribution < -0.4 is 0 Å². The molecule has 2 amide bonds. The van der Waals surface area contributed by atoms with E-state index in [4.69, 9.17) is 4.74 Å². The van der Waals surface area contributed by atoms with Crippen molar-refractivity contribution in [3.8, 4) is 0 Å². The third-order valence-electron chi connectivity index (χ3n) is 1.87. The minimum Gasteiger partial charge on any atom is -0.444 e. The van der Waals surface area contributed by atoms with Gasteiger partial charge in [0.1, 0.15) is 5.60 Å². The molecule has 0 fully saturated rings. The molecule has 0 saturated carbocycles. The van der Waals surface area contributed by atoms with Gasteiger partial charge in [0, 0.05) is 34.1 Å². The van der Waals surface area contributed by atoms with E-state index in [0.29, 0.717) is 13.0 Å². The summed E-state index contributed by atoms with van der Waals surface area (Å²) in [6.45, 7) is 5.79. The van der Waals surface area contributed by atoms with Crippen LogP contribution in [0.4, 0.5) is 4.79 Å². The molecule has 16 heavy (non-hydrogen) atoms. The summed E-state index contributed by atoms with van der Waals surface area (Å²) in [6, 6.07) is 0. The van der Waals surface area contributed by atoms with E-state index in [1.807, 2.05) is 20.8 Å². The summed E-state index contributed by atoms with van der Waals surface area (Å²) in [7, 11) is 5.00. The van der Waals surface area contributed by atoms with Crippen LogP contribution in [0, 0.1) is 0 Å². The normalized spacial score (nSPS) is 10.9. The number of rotatable bonds is 3. The molecule has 0 bridgehead atoms. The lowest BCUT2D eigenvalue weighted by atomic mass is 10.2. The number of amides is 2.